The average molecular weight is 337 g/mol. The molecule has 0 saturated carbocycles. The molecule has 5 nitrogen and oxygen atoms in total. The van der Waals surface area contributed by atoms with Gasteiger partial charge in [0.25, 0.3) is 0 Å². The van der Waals surface area contributed by atoms with Crippen LogP contribution in [0.1, 0.15) is 18.9 Å². The van der Waals surface area contributed by atoms with E-state index in [1.807, 2.05) is 25.1 Å². The van der Waals surface area contributed by atoms with E-state index in [2.05, 4.69) is 15.3 Å². The molecule has 0 aliphatic carbocycles. The summed E-state index contributed by atoms with van der Waals surface area (Å²) >= 11 is 11.9. The molecule has 1 aromatic carbocycles. The Kier molecular flexibility index (Phi) is 4.18. The van der Waals surface area contributed by atoms with Crippen molar-refractivity contribution in [3.05, 3.63) is 40.3 Å². The summed E-state index contributed by atoms with van der Waals surface area (Å²) in [4.78, 5) is 21.8. The summed E-state index contributed by atoms with van der Waals surface area (Å²) in [5, 5.41) is 3.64. The van der Waals surface area contributed by atoms with E-state index in [4.69, 9.17) is 23.2 Å². The smallest absolute Gasteiger partial charge is 0.226 e. The number of halogens is 2. The van der Waals surface area contributed by atoms with Crippen molar-refractivity contribution >= 4 is 46.3 Å². The molecule has 114 valence electrons. The molecule has 2 aromatic rings. The zero-order chi connectivity index (χ0) is 15.7. The van der Waals surface area contributed by atoms with Crippen LogP contribution in [0, 0.1) is 0 Å². The third-order valence-corrected chi connectivity index (χ3v) is 4.02. The van der Waals surface area contributed by atoms with Gasteiger partial charge in [-0.25, -0.2) is 4.98 Å². The van der Waals surface area contributed by atoms with Crippen LogP contribution in [-0.4, -0.2) is 22.4 Å². The molecule has 0 radical (unpaired) electrons. The summed E-state index contributed by atoms with van der Waals surface area (Å²) in [6.45, 7) is 2.55. The SMILES string of the molecule is CCC(=O)N1CCc2cccc(Nc3nc(Cl)ncc3Cl)c21. The number of anilines is 3. The second-order valence-corrected chi connectivity index (χ2v) is 5.67. The molecule has 3 rings (SSSR count). The minimum atomic E-state index is 0.0971. The highest BCUT2D eigenvalue weighted by Crippen LogP contribution is 2.38. The summed E-state index contributed by atoms with van der Waals surface area (Å²) in [6, 6.07) is 5.86. The fourth-order valence-corrected chi connectivity index (χ4v) is 2.83. The lowest BCUT2D eigenvalue weighted by Gasteiger charge is -2.20. The molecular formula is C15H14Cl2N4O. The molecule has 7 heteroatoms. The Morgan fingerprint density at radius 2 is 2.23 bits per heavy atom. The first-order valence-corrected chi connectivity index (χ1v) is 7.73. The minimum absolute atomic E-state index is 0.0971. The molecule has 0 saturated heterocycles. The van der Waals surface area contributed by atoms with Gasteiger partial charge in [0, 0.05) is 13.0 Å². The summed E-state index contributed by atoms with van der Waals surface area (Å²) in [6.07, 6.45) is 2.75. The van der Waals surface area contributed by atoms with E-state index in [-0.39, 0.29) is 11.2 Å². The quantitative estimate of drug-likeness (QED) is 0.865. The van der Waals surface area contributed by atoms with Crippen LogP contribution in [0.15, 0.2) is 24.4 Å². The number of rotatable bonds is 3. The van der Waals surface area contributed by atoms with Crippen LogP contribution >= 0.6 is 23.2 Å². The van der Waals surface area contributed by atoms with Gasteiger partial charge in [-0.1, -0.05) is 30.7 Å². The molecule has 0 atom stereocenters. The van der Waals surface area contributed by atoms with Crippen molar-refractivity contribution in [2.24, 2.45) is 0 Å². The third-order valence-electron chi connectivity index (χ3n) is 3.57. The van der Waals surface area contributed by atoms with Gasteiger partial charge in [0.2, 0.25) is 11.2 Å². The average Bonchev–Trinajstić information content (AvgIpc) is 2.95. The fraction of sp³-hybridized carbons (Fsp3) is 0.267. The normalized spacial score (nSPS) is 13.1. The minimum Gasteiger partial charge on any atom is -0.337 e. The van der Waals surface area contributed by atoms with E-state index in [1.54, 1.807) is 4.90 Å². The highest BCUT2D eigenvalue weighted by molar-refractivity contribution is 6.33. The Labute approximate surface area is 138 Å². The molecular weight excluding hydrogens is 323 g/mol. The van der Waals surface area contributed by atoms with Crippen molar-refractivity contribution in [3.63, 3.8) is 0 Å². The van der Waals surface area contributed by atoms with Crippen LogP contribution in [0.3, 0.4) is 0 Å². The maximum absolute atomic E-state index is 12.1. The lowest BCUT2D eigenvalue weighted by atomic mass is 10.1. The van der Waals surface area contributed by atoms with Gasteiger partial charge in [-0.15, -0.1) is 0 Å². The number of hydrogen-bond donors (Lipinski definition) is 1. The lowest BCUT2D eigenvalue weighted by molar-refractivity contribution is -0.118. The zero-order valence-corrected chi connectivity index (χ0v) is 13.4. The van der Waals surface area contributed by atoms with Crippen molar-refractivity contribution in [2.45, 2.75) is 19.8 Å². The number of para-hydroxylation sites is 1. The third kappa shape index (κ3) is 2.74. The highest BCUT2D eigenvalue weighted by atomic mass is 35.5. The Morgan fingerprint density at radius 3 is 3.00 bits per heavy atom. The molecule has 2 heterocycles. The predicted octanol–water partition coefficient (Wildman–Crippen LogP) is 3.83. The number of fused-ring (bicyclic) bond motifs is 1. The van der Waals surface area contributed by atoms with Crippen LogP contribution in [0.5, 0.6) is 0 Å². The molecule has 0 fully saturated rings. The van der Waals surface area contributed by atoms with Gasteiger partial charge in [0.1, 0.15) is 5.02 Å². The van der Waals surface area contributed by atoms with E-state index in [1.165, 1.54) is 6.20 Å². The predicted molar refractivity (Wildman–Crippen MR) is 88.1 cm³/mol. The Hall–Kier alpha value is -1.85. The van der Waals surface area contributed by atoms with Crippen LogP contribution in [-0.2, 0) is 11.2 Å². The van der Waals surface area contributed by atoms with Gasteiger partial charge in [-0.3, -0.25) is 4.79 Å². The van der Waals surface area contributed by atoms with Gasteiger partial charge >= 0.3 is 0 Å². The molecule has 22 heavy (non-hydrogen) atoms. The summed E-state index contributed by atoms with van der Waals surface area (Å²) in [7, 11) is 0. The van der Waals surface area contributed by atoms with Crippen molar-refractivity contribution in [1.29, 1.82) is 0 Å². The van der Waals surface area contributed by atoms with Gasteiger partial charge in [0.15, 0.2) is 5.82 Å². The summed E-state index contributed by atoms with van der Waals surface area (Å²) in [5.74, 6) is 0.519. The van der Waals surface area contributed by atoms with Gasteiger partial charge in [-0.2, -0.15) is 4.98 Å². The number of benzene rings is 1. The van der Waals surface area contributed by atoms with E-state index >= 15 is 0 Å². The molecule has 0 unspecified atom stereocenters. The van der Waals surface area contributed by atoms with E-state index in [0.29, 0.717) is 23.8 Å². The molecule has 1 amide bonds. The molecule has 1 N–H and O–H groups in total. The monoisotopic (exact) mass is 336 g/mol. The van der Waals surface area contributed by atoms with E-state index < -0.39 is 0 Å². The van der Waals surface area contributed by atoms with Gasteiger partial charge in [0.05, 0.1) is 17.6 Å². The van der Waals surface area contributed by atoms with Gasteiger partial charge in [-0.05, 0) is 29.7 Å². The van der Waals surface area contributed by atoms with E-state index in [9.17, 15) is 4.79 Å². The summed E-state index contributed by atoms with van der Waals surface area (Å²) in [5.41, 5.74) is 2.80. The number of amides is 1. The second-order valence-electron chi connectivity index (χ2n) is 4.92. The first-order valence-electron chi connectivity index (χ1n) is 6.97. The number of aromatic nitrogens is 2. The van der Waals surface area contributed by atoms with Crippen molar-refractivity contribution in [3.8, 4) is 0 Å². The highest BCUT2D eigenvalue weighted by Gasteiger charge is 2.26. The fourth-order valence-electron chi connectivity index (χ4n) is 2.56. The number of nitrogens with zero attached hydrogens (tertiary/aromatic N) is 3. The largest absolute Gasteiger partial charge is 0.337 e. The maximum atomic E-state index is 12.1. The molecule has 1 aliphatic rings. The van der Waals surface area contributed by atoms with Crippen molar-refractivity contribution in [1.82, 2.24) is 9.97 Å². The van der Waals surface area contributed by atoms with Crippen LogP contribution in [0.4, 0.5) is 17.2 Å². The van der Waals surface area contributed by atoms with Crippen LogP contribution in [0.25, 0.3) is 0 Å². The maximum Gasteiger partial charge on any atom is 0.226 e. The van der Waals surface area contributed by atoms with Crippen LogP contribution in [0.2, 0.25) is 10.3 Å². The number of hydrogen-bond acceptors (Lipinski definition) is 4. The molecule has 0 bridgehead atoms. The first-order chi connectivity index (χ1) is 10.6. The zero-order valence-electron chi connectivity index (χ0n) is 11.9. The molecule has 1 aromatic heterocycles. The Bertz CT molecular complexity index is 735. The lowest BCUT2D eigenvalue weighted by Crippen LogP contribution is -2.28. The number of carbonyl (C=O) groups is 1. The number of carbonyl (C=O) groups excluding carboxylic acids is 1. The van der Waals surface area contributed by atoms with E-state index in [0.717, 1.165) is 23.4 Å². The topological polar surface area (TPSA) is 58.1 Å². The number of nitrogens with one attached hydrogen (secondary N) is 1. The Morgan fingerprint density at radius 1 is 1.41 bits per heavy atom. The summed E-state index contributed by atoms with van der Waals surface area (Å²) < 4.78 is 0. The molecule has 1 aliphatic heterocycles. The van der Waals surface area contributed by atoms with Gasteiger partial charge < -0.3 is 10.2 Å². The van der Waals surface area contributed by atoms with Crippen molar-refractivity contribution < 1.29 is 4.79 Å². The van der Waals surface area contributed by atoms with Crippen LogP contribution < -0.4 is 10.2 Å². The Balaban J connectivity index is 2.01. The second kappa shape index (κ2) is 6.10. The van der Waals surface area contributed by atoms with Crippen molar-refractivity contribution in [2.75, 3.05) is 16.8 Å². The first kappa shape index (κ1) is 15.1. The molecule has 0 spiro atoms. The standard InChI is InChI=1S/C15H14Cl2N4O/c1-2-12(22)21-7-6-9-4-3-5-11(13(9)21)19-14-10(16)8-18-15(17)20-14/h3-5,8H,2,6-7H2,1H3,(H,18,19,20).